The average Bonchev–Trinajstić information content (AvgIpc) is 2.76. The molecule has 29 heavy (non-hydrogen) atoms. The van der Waals surface area contributed by atoms with Crippen molar-refractivity contribution in [3.05, 3.63) is 123 Å². The Morgan fingerprint density at radius 2 is 1.41 bits per heavy atom. The lowest BCUT2D eigenvalue weighted by Crippen LogP contribution is -2.40. The van der Waals surface area contributed by atoms with E-state index in [0.29, 0.717) is 5.56 Å². The minimum Gasteiger partial charge on any atom is -0.288 e. The van der Waals surface area contributed by atoms with E-state index in [-0.39, 0.29) is 17.3 Å². The maximum atomic E-state index is 13.2. The van der Waals surface area contributed by atoms with Gasteiger partial charge in [-0.3, -0.25) is 18.9 Å². The van der Waals surface area contributed by atoms with Crippen LogP contribution in [-0.2, 0) is 7.05 Å². The monoisotopic (exact) mass is 383 g/mol. The molecular weight excluding hydrogens is 362 g/mol. The van der Waals surface area contributed by atoms with Gasteiger partial charge in [0.25, 0.3) is 5.56 Å². The zero-order valence-corrected chi connectivity index (χ0v) is 16.3. The SMILES string of the molecule is Cc1ccncc1-c1cn(C(c2ccccc2)c2ccccc2)c(=O)n(C)c1=O. The highest BCUT2D eigenvalue weighted by atomic mass is 16.2. The van der Waals surface area contributed by atoms with Crippen LogP contribution in [0.5, 0.6) is 0 Å². The summed E-state index contributed by atoms with van der Waals surface area (Å²) in [7, 11) is 1.52. The first-order valence-electron chi connectivity index (χ1n) is 9.41. The molecule has 0 saturated carbocycles. The summed E-state index contributed by atoms with van der Waals surface area (Å²) in [5, 5.41) is 0. The smallest absolute Gasteiger partial charge is 0.288 e. The summed E-state index contributed by atoms with van der Waals surface area (Å²) in [5.74, 6) is 0. The standard InChI is InChI=1S/C24H21N3O2/c1-17-13-14-25-15-20(17)21-16-27(24(29)26(2)23(21)28)22(18-9-5-3-6-10-18)19-11-7-4-8-12-19/h3-16,22H,1-2H3. The molecule has 144 valence electrons. The summed E-state index contributed by atoms with van der Waals surface area (Å²) >= 11 is 0. The molecule has 0 atom stereocenters. The third-order valence-corrected chi connectivity index (χ3v) is 5.15. The molecule has 2 aromatic heterocycles. The fraction of sp³-hybridized carbons (Fsp3) is 0.125. The average molecular weight is 383 g/mol. The van der Waals surface area contributed by atoms with E-state index in [4.69, 9.17) is 0 Å². The Hall–Kier alpha value is -3.73. The third kappa shape index (κ3) is 3.43. The van der Waals surface area contributed by atoms with Crippen LogP contribution in [0.25, 0.3) is 11.1 Å². The number of rotatable bonds is 4. The lowest BCUT2D eigenvalue weighted by Gasteiger charge is -2.22. The fourth-order valence-electron chi connectivity index (χ4n) is 3.59. The van der Waals surface area contributed by atoms with Crippen molar-refractivity contribution in [2.75, 3.05) is 0 Å². The minimum absolute atomic E-state index is 0.331. The van der Waals surface area contributed by atoms with E-state index >= 15 is 0 Å². The predicted molar refractivity (Wildman–Crippen MR) is 114 cm³/mol. The zero-order valence-electron chi connectivity index (χ0n) is 16.3. The Bertz CT molecular complexity index is 1220. The van der Waals surface area contributed by atoms with Gasteiger partial charge in [0.1, 0.15) is 0 Å². The second kappa shape index (κ2) is 7.72. The lowest BCUT2D eigenvalue weighted by atomic mass is 9.98. The van der Waals surface area contributed by atoms with Gasteiger partial charge in [-0.05, 0) is 29.7 Å². The number of aromatic nitrogens is 3. The van der Waals surface area contributed by atoms with Gasteiger partial charge in [-0.15, -0.1) is 0 Å². The van der Waals surface area contributed by atoms with Crippen molar-refractivity contribution in [3.8, 4) is 11.1 Å². The molecule has 0 unspecified atom stereocenters. The van der Waals surface area contributed by atoms with Crippen molar-refractivity contribution in [2.45, 2.75) is 13.0 Å². The Morgan fingerprint density at radius 3 is 1.97 bits per heavy atom. The minimum atomic E-state index is -0.363. The molecule has 0 bridgehead atoms. The first-order valence-corrected chi connectivity index (χ1v) is 9.41. The van der Waals surface area contributed by atoms with Crippen LogP contribution in [0.15, 0.2) is 94.9 Å². The first kappa shape index (κ1) is 18.6. The number of nitrogens with zero attached hydrogens (tertiary/aromatic N) is 3. The summed E-state index contributed by atoms with van der Waals surface area (Å²) in [5.41, 5.74) is 3.34. The van der Waals surface area contributed by atoms with Crippen LogP contribution < -0.4 is 11.2 Å². The van der Waals surface area contributed by atoms with Crippen LogP contribution in [0.2, 0.25) is 0 Å². The molecule has 0 aliphatic rings. The molecule has 4 aromatic rings. The molecule has 0 aliphatic heterocycles. The lowest BCUT2D eigenvalue weighted by molar-refractivity contribution is 0.586. The number of hydrogen-bond donors (Lipinski definition) is 0. The molecule has 0 fully saturated rings. The molecule has 2 aromatic carbocycles. The van der Waals surface area contributed by atoms with Crippen molar-refractivity contribution < 1.29 is 0 Å². The van der Waals surface area contributed by atoms with Gasteiger partial charge >= 0.3 is 5.69 Å². The van der Waals surface area contributed by atoms with Crippen molar-refractivity contribution >= 4 is 0 Å². The van der Waals surface area contributed by atoms with Crippen LogP contribution in [0.1, 0.15) is 22.7 Å². The molecule has 4 rings (SSSR count). The highest BCUT2D eigenvalue weighted by molar-refractivity contribution is 5.64. The number of hydrogen-bond acceptors (Lipinski definition) is 3. The van der Waals surface area contributed by atoms with E-state index in [1.807, 2.05) is 73.7 Å². The van der Waals surface area contributed by atoms with E-state index in [2.05, 4.69) is 4.98 Å². The molecule has 2 heterocycles. The highest BCUT2D eigenvalue weighted by Gasteiger charge is 2.21. The molecule has 0 aliphatic carbocycles. The van der Waals surface area contributed by atoms with Crippen molar-refractivity contribution in [1.29, 1.82) is 0 Å². The largest absolute Gasteiger partial charge is 0.331 e. The molecule has 5 heteroatoms. The van der Waals surface area contributed by atoms with E-state index in [1.54, 1.807) is 23.2 Å². The normalized spacial score (nSPS) is 11.0. The van der Waals surface area contributed by atoms with Crippen LogP contribution >= 0.6 is 0 Å². The van der Waals surface area contributed by atoms with Gasteiger partial charge in [-0.25, -0.2) is 4.79 Å². The van der Waals surface area contributed by atoms with Crippen LogP contribution in [0.3, 0.4) is 0 Å². The van der Waals surface area contributed by atoms with Gasteiger partial charge in [-0.2, -0.15) is 0 Å². The van der Waals surface area contributed by atoms with Crippen LogP contribution in [0, 0.1) is 6.92 Å². The number of benzene rings is 2. The van der Waals surface area contributed by atoms with Gasteiger partial charge in [0.2, 0.25) is 0 Å². The summed E-state index contributed by atoms with van der Waals surface area (Å²) in [6.45, 7) is 1.93. The Balaban J connectivity index is 2.03. The molecule has 5 nitrogen and oxygen atoms in total. The van der Waals surface area contributed by atoms with E-state index < -0.39 is 0 Å². The van der Waals surface area contributed by atoms with Crippen molar-refractivity contribution in [1.82, 2.24) is 14.1 Å². The van der Waals surface area contributed by atoms with E-state index in [1.165, 1.54) is 11.6 Å². The van der Waals surface area contributed by atoms with E-state index in [0.717, 1.165) is 22.3 Å². The Labute approximate surface area is 168 Å². The molecule has 0 spiro atoms. The van der Waals surface area contributed by atoms with Crippen LogP contribution in [-0.4, -0.2) is 14.1 Å². The number of aryl methyl sites for hydroxylation is 1. The Kier molecular flexibility index (Phi) is 4.96. The summed E-state index contributed by atoms with van der Waals surface area (Å²) in [6.07, 6.45) is 5.02. The van der Waals surface area contributed by atoms with Gasteiger partial charge in [0.15, 0.2) is 0 Å². The first-order chi connectivity index (χ1) is 14.1. The summed E-state index contributed by atoms with van der Waals surface area (Å²) in [4.78, 5) is 30.2. The second-order valence-corrected chi connectivity index (χ2v) is 7.01. The third-order valence-electron chi connectivity index (χ3n) is 5.15. The second-order valence-electron chi connectivity index (χ2n) is 7.01. The highest BCUT2D eigenvalue weighted by Crippen LogP contribution is 2.27. The molecule has 0 radical (unpaired) electrons. The number of pyridine rings is 1. The molecule has 0 N–H and O–H groups in total. The zero-order chi connectivity index (χ0) is 20.4. The fourth-order valence-corrected chi connectivity index (χ4v) is 3.59. The maximum absolute atomic E-state index is 13.2. The predicted octanol–water partition coefficient (Wildman–Crippen LogP) is 3.56. The molecule has 0 amide bonds. The van der Waals surface area contributed by atoms with Gasteiger partial charge in [-0.1, -0.05) is 60.7 Å². The summed E-state index contributed by atoms with van der Waals surface area (Å²) in [6, 6.07) is 21.1. The van der Waals surface area contributed by atoms with Crippen molar-refractivity contribution in [2.24, 2.45) is 7.05 Å². The van der Waals surface area contributed by atoms with Crippen LogP contribution in [0.4, 0.5) is 0 Å². The van der Waals surface area contributed by atoms with Gasteiger partial charge < -0.3 is 0 Å². The quantitative estimate of drug-likeness (QED) is 0.541. The topological polar surface area (TPSA) is 56.9 Å². The summed E-state index contributed by atoms with van der Waals surface area (Å²) < 4.78 is 2.80. The Morgan fingerprint density at radius 1 is 0.828 bits per heavy atom. The maximum Gasteiger partial charge on any atom is 0.331 e. The van der Waals surface area contributed by atoms with E-state index in [9.17, 15) is 9.59 Å². The van der Waals surface area contributed by atoms with Gasteiger partial charge in [0.05, 0.1) is 11.6 Å². The van der Waals surface area contributed by atoms with Gasteiger partial charge in [0, 0.05) is 31.2 Å². The molecular formula is C24H21N3O2. The molecule has 0 saturated heterocycles. The van der Waals surface area contributed by atoms with Crippen molar-refractivity contribution in [3.63, 3.8) is 0 Å².